The monoisotopic (exact) mass is 192 g/mol. The molecule has 12 heavy (non-hydrogen) atoms. The quantitative estimate of drug-likeness (QED) is 0.590. The summed E-state index contributed by atoms with van der Waals surface area (Å²) in [4.78, 5) is 2.15. The van der Waals surface area contributed by atoms with E-state index in [1.54, 1.807) is 0 Å². The van der Waals surface area contributed by atoms with Crippen molar-refractivity contribution in [2.24, 2.45) is 0 Å². The molecule has 0 saturated carbocycles. The van der Waals surface area contributed by atoms with E-state index in [1.807, 2.05) is 7.05 Å². The van der Waals surface area contributed by atoms with E-state index in [2.05, 4.69) is 10.2 Å². The Morgan fingerprint density at radius 1 is 1.75 bits per heavy atom. The zero-order valence-corrected chi connectivity index (χ0v) is 8.14. The Labute approximate surface area is 75.6 Å². The van der Waals surface area contributed by atoms with Crippen molar-refractivity contribution < 1.29 is 8.76 Å². The first-order chi connectivity index (χ1) is 5.70. The van der Waals surface area contributed by atoms with Gasteiger partial charge in [0.15, 0.2) is 11.1 Å². The van der Waals surface area contributed by atoms with Crippen LogP contribution in [0.2, 0.25) is 0 Å². The van der Waals surface area contributed by atoms with Crippen LogP contribution < -0.4 is 5.32 Å². The molecule has 0 aliphatic carbocycles. The molecular weight excluding hydrogens is 176 g/mol. The molecule has 0 spiro atoms. The van der Waals surface area contributed by atoms with Crippen molar-refractivity contribution in [3.05, 3.63) is 0 Å². The molecule has 1 heterocycles. The van der Waals surface area contributed by atoms with Crippen molar-refractivity contribution in [3.8, 4) is 0 Å². The van der Waals surface area contributed by atoms with E-state index in [-0.39, 0.29) is 0 Å². The predicted octanol–water partition coefficient (Wildman–Crippen LogP) is -0.498. The molecule has 1 rings (SSSR count). The molecular formula is C7H16N2O2S. The Hall–Kier alpha value is 0.0300. The fourth-order valence-corrected chi connectivity index (χ4v) is 1.86. The number of nitrogens with one attached hydrogen (secondary N) is 1. The van der Waals surface area contributed by atoms with Crippen molar-refractivity contribution in [2.75, 3.05) is 32.4 Å². The maximum absolute atomic E-state index is 10.4. The number of nitrogens with zero attached hydrogens (tertiary/aromatic N) is 1. The molecule has 0 aromatic carbocycles. The molecule has 1 aliphatic rings. The molecule has 2 atom stereocenters. The minimum Gasteiger partial charge on any atom is -0.315 e. The summed E-state index contributed by atoms with van der Waals surface area (Å²) in [6, 6.07) is 0.550. The highest BCUT2D eigenvalue weighted by molar-refractivity contribution is 7.79. The van der Waals surface area contributed by atoms with Gasteiger partial charge in [0.05, 0.1) is 5.75 Å². The second-order valence-corrected chi connectivity index (χ2v) is 4.20. The molecule has 0 radical (unpaired) electrons. The topological polar surface area (TPSA) is 52.6 Å². The van der Waals surface area contributed by atoms with Crippen LogP contribution in [-0.4, -0.2) is 52.1 Å². The first-order valence-corrected chi connectivity index (χ1v) is 5.46. The molecule has 0 bridgehead atoms. The lowest BCUT2D eigenvalue weighted by molar-refractivity contribution is 0.271. The number of hydrogen-bond acceptors (Lipinski definition) is 3. The predicted molar refractivity (Wildman–Crippen MR) is 49.5 cm³/mol. The maximum Gasteiger partial charge on any atom is 0.154 e. The molecule has 72 valence electrons. The van der Waals surface area contributed by atoms with Crippen LogP contribution in [-0.2, 0) is 11.1 Å². The van der Waals surface area contributed by atoms with Crippen LogP contribution >= 0.6 is 0 Å². The standard InChI is InChI=1S/C7H16N2O2S/c1-9(4-5-12(10)11)7-2-3-8-6-7/h7-8H,2-6H2,1H3,(H,10,11). The molecule has 2 N–H and O–H groups in total. The summed E-state index contributed by atoms with van der Waals surface area (Å²) in [5.41, 5.74) is 0. The molecule has 1 aliphatic heterocycles. The number of hydrogen-bond donors (Lipinski definition) is 2. The van der Waals surface area contributed by atoms with Crippen molar-refractivity contribution >= 4 is 11.1 Å². The smallest absolute Gasteiger partial charge is 0.154 e. The van der Waals surface area contributed by atoms with Crippen LogP contribution in [0.4, 0.5) is 0 Å². The number of rotatable bonds is 4. The van der Waals surface area contributed by atoms with Gasteiger partial charge in [0.2, 0.25) is 0 Å². The van der Waals surface area contributed by atoms with Gasteiger partial charge >= 0.3 is 0 Å². The third-order valence-electron chi connectivity index (χ3n) is 2.28. The van der Waals surface area contributed by atoms with E-state index in [9.17, 15) is 4.21 Å². The highest BCUT2D eigenvalue weighted by atomic mass is 32.2. The summed E-state index contributed by atoms with van der Waals surface area (Å²) in [6.45, 7) is 2.78. The Bertz CT molecular complexity index is 159. The van der Waals surface area contributed by atoms with Crippen LogP contribution in [0.5, 0.6) is 0 Å². The Balaban J connectivity index is 2.17. The van der Waals surface area contributed by atoms with Gasteiger partial charge in [0.1, 0.15) is 0 Å². The summed E-state index contributed by atoms with van der Waals surface area (Å²) in [5.74, 6) is 0.354. The summed E-state index contributed by atoms with van der Waals surface area (Å²) < 4.78 is 19.0. The van der Waals surface area contributed by atoms with Gasteiger partial charge in [-0.05, 0) is 20.0 Å². The van der Waals surface area contributed by atoms with Gasteiger partial charge in [-0.15, -0.1) is 0 Å². The van der Waals surface area contributed by atoms with Gasteiger partial charge in [-0.2, -0.15) is 0 Å². The summed E-state index contributed by atoms with van der Waals surface area (Å²) in [7, 11) is 2.00. The molecule has 1 saturated heterocycles. The molecule has 1 fully saturated rings. The van der Waals surface area contributed by atoms with E-state index in [4.69, 9.17) is 4.55 Å². The molecule has 0 aromatic rings. The van der Waals surface area contributed by atoms with Crippen molar-refractivity contribution in [1.29, 1.82) is 0 Å². The largest absolute Gasteiger partial charge is 0.315 e. The van der Waals surface area contributed by atoms with Crippen molar-refractivity contribution in [2.45, 2.75) is 12.5 Å². The zero-order valence-electron chi connectivity index (χ0n) is 7.32. The molecule has 4 nitrogen and oxygen atoms in total. The lowest BCUT2D eigenvalue weighted by atomic mass is 10.2. The Morgan fingerprint density at radius 3 is 3.00 bits per heavy atom. The number of likely N-dealkylation sites (N-methyl/N-ethyl adjacent to an activating group) is 1. The Morgan fingerprint density at radius 2 is 2.50 bits per heavy atom. The van der Waals surface area contributed by atoms with Gasteiger partial charge in [0, 0.05) is 19.1 Å². The summed E-state index contributed by atoms with van der Waals surface area (Å²) >= 11 is -1.65. The third-order valence-corrected chi connectivity index (χ3v) is 2.81. The zero-order chi connectivity index (χ0) is 8.97. The van der Waals surface area contributed by atoms with Crippen LogP contribution in [0.25, 0.3) is 0 Å². The molecule has 5 heteroatoms. The minimum atomic E-state index is -1.65. The average Bonchev–Trinajstić information content (AvgIpc) is 2.51. The summed E-state index contributed by atoms with van der Waals surface area (Å²) in [6.07, 6.45) is 1.15. The van der Waals surface area contributed by atoms with Gasteiger partial charge in [-0.1, -0.05) is 0 Å². The fraction of sp³-hybridized carbons (Fsp3) is 1.00. The van der Waals surface area contributed by atoms with Gasteiger partial charge < -0.3 is 14.8 Å². The maximum atomic E-state index is 10.4. The minimum absolute atomic E-state index is 0.354. The van der Waals surface area contributed by atoms with E-state index in [0.29, 0.717) is 18.3 Å². The second-order valence-electron chi connectivity index (χ2n) is 3.15. The molecule has 0 aromatic heterocycles. The van der Waals surface area contributed by atoms with E-state index < -0.39 is 11.1 Å². The van der Waals surface area contributed by atoms with Crippen LogP contribution in [0.1, 0.15) is 6.42 Å². The van der Waals surface area contributed by atoms with Crippen molar-refractivity contribution in [3.63, 3.8) is 0 Å². The lowest BCUT2D eigenvalue weighted by Gasteiger charge is -2.22. The lowest BCUT2D eigenvalue weighted by Crippen LogP contribution is -2.35. The van der Waals surface area contributed by atoms with Crippen LogP contribution in [0, 0.1) is 0 Å². The molecule has 2 unspecified atom stereocenters. The third kappa shape index (κ3) is 3.18. The first-order valence-electron chi connectivity index (χ1n) is 4.18. The SMILES string of the molecule is CN(CCS(=O)O)C1CCNC1. The fourth-order valence-electron chi connectivity index (χ4n) is 1.42. The van der Waals surface area contributed by atoms with Gasteiger partial charge in [0.25, 0.3) is 0 Å². The summed E-state index contributed by atoms with van der Waals surface area (Å²) in [5, 5.41) is 3.26. The van der Waals surface area contributed by atoms with E-state index in [1.165, 1.54) is 0 Å². The van der Waals surface area contributed by atoms with Crippen LogP contribution in [0.15, 0.2) is 0 Å². The Kier molecular flexibility index (Phi) is 4.14. The van der Waals surface area contributed by atoms with Crippen molar-refractivity contribution in [1.82, 2.24) is 10.2 Å². The van der Waals surface area contributed by atoms with E-state index in [0.717, 1.165) is 19.5 Å². The average molecular weight is 192 g/mol. The highest BCUT2D eigenvalue weighted by Gasteiger charge is 2.18. The van der Waals surface area contributed by atoms with E-state index >= 15 is 0 Å². The van der Waals surface area contributed by atoms with Gasteiger partial charge in [-0.25, -0.2) is 4.21 Å². The second kappa shape index (κ2) is 4.91. The normalized spacial score (nSPS) is 26.4. The first kappa shape index (κ1) is 10.1. The molecule has 0 amide bonds. The van der Waals surface area contributed by atoms with Crippen LogP contribution in [0.3, 0.4) is 0 Å². The van der Waals surface area contributed by atoms with Gasteiger partial charge in [-0.3, -0.25) is 0 Å². The highest BCUT2D eigenvalue weighted by Crippen LogP contribution is 2.05.